The Kier molecular flexibility index (Phi) is 4.89. The van der Waals surface area contributed by atoms with E-state index in [-0.39, 0.29) is 0 Å². The van der Waals surface area contributed by atoms with Gasteiger partial charge in [-0.15, -0.1) is 0 Å². The number of nitrogens with one attached hydrogen (secondary N) is 1. The Morgan fingerprint density at radius 1 is 1.25 bits per heavy atom. The fourth-order valence-electron chi connectivity index (χ4n) is 1.68. The van der Waals surface area contributed by atoms with E-state index in [1.165, 1.54) is 0 Å². The summed E-state index contributed by atoms with van der Waals surface area (Å²) in [5, 5.41) is 3.28. The molecular weight excluding hydrogens is 320 g/mol. The van der Waals surface area contributed by atoms with Gasteiger partial charge >= 0.3 is 0 Å². The molecule has 0 radical (unpaired) electrons. The molecule has 1 N–H and O–H groups in total. The van der Waals surface area contributed by atoms with Gasteiger partial charge in [0.05, 0.1) is 11.8 Å². The van der Waals surface area contributed by atoms with E-state index in [0.717, 1.165) is 28.8 Å². The monoisotopic (exact) mass is 336 g/mol. The standard InChI is InChI=1S/C14H17BrN4O/c1-4-5-17-13-9(2)14(19-10(3)18-13)20-12-6-11(15)7-16-8-12/h6-8H,4-5H2,1-3H3,(H,17,18,19). The SMILES string of the molecule is CCCNc1nc(C)nc(Oc2cncc(Br)c2)c1C. The zero-order valence-electron chi connectivity index (χ0n) is 11.8. The molecule has 0 saturated carbocycles. The molecule has 106 valence electrons. The van der Waals surface area contributed by atoms with Crippen LogP contribution in [-0.4, -0.2) is 21.5 Å². The van der Waals surface area contributed by atoms with Crippen molar-refractivity contribution in [3.63, 3.8) is 0 Å². The van der Waals surface area contributed by atoms with Gasteiger partial charge in [0.2, 0.25) is 5.88 Å². The smallest absolute Gasteiger partial charge is 0.227 e. The molecule has 2 heterocycles. The lowest BCUT2D eigenvalue weighted by atomic mass is 10.3. The second-order valence-corrected chi connectivity index (χ2v) is 5.33. The molecule has 0 aliphatic heterocycles. The number of aromatic nitrogens is 3. The zero-order valence-corrected chi connectivity index (χ0v) is 13.4. The number of rotatable bonds is 5. The van der Waals surface area contributed by atoms with Gasteiger partial charge in [-0.05, 0) is 42.3 Å². The van der Waals surface area contributed by atoms with Crippen LogP contribution in [0.5, 0.6) is 11.6 Å². The molecule has 2 rings (SSSR count). The van der Waals surface area contributed by atoms with Gasteiger partial charge in [0.1, 0.15) is 17.4 Å². The van der Waals surface area contributed by atoms with Crippen molar-refractivity contribution < 1.29 is 4.74 Å². The summed E-state index contributed by atoms with van der Waals surface area (Å²) in [6.07, 6.45) is 4.40. The maximum atomic E-state index is 5.81. The van der Waals surface area contributed by atoms with Gasteiger partial charge in [-0.25, -0.2) is 4.98 Å². The highest BCUT2D eigenvalue weighted by Gasteiger charge is 2.11. The lowest BCUT2D eigenvalue weighted by molar-refractivity contribution is 0.453. The molecule has 0 spiro atoms. The third-order valence-electron chi connectivity index (χ3n) is 2.65. The quantitative estimate of drug-likeness (QED) is 0.898. The molecule has 0 amide bonds. The summed E-state index contributed by atoms with van der Waals surface area (Å²) in [5.74, 6) is 2.68. The van der Waals surface area contributed by atoms with Crippen LogP contribution in [0, 0.1) is 13.8 Å². The zero-order chi connectivity index (χ0) is 14.5. The molecule has 5 nitrogen and oxygen atoms in total. The molecule has 0 atom stereocenters. The first-order chi connectivity index (χ1) is 9.60. The minimum atomic E-state index is 0.552. The first-order valence-corrected chi connectivity index (χ1v) is 7.27. The summed E-state index contributed by atoms with van der Waals surface area (Å²) < 4.78 is 6.67. The normalized spacial score (nSPS) is 10.4. The van der Waals surface area contributed by atoms with Gasteiger partial charge in [-0.2, -0.15) is 4.98 Å². The number of anilines is 1. The summed E-state index contributed by atoms with van der Waals surface area (Å²) in [4.78, 5) is 12.8. The van der Waals surface area contributed by atoms with Crippen molar-refractivity contribution >= 4 is 21.7 Å². The summed E-state index contributed by atoms with van der Waals surface area (Å²) in [7, 11) is 0. The molecule has 0 saturated heterocycles. The lowest BCUT2D eigenvalue weighted by Crippen LogP contribution is -2.07. The topological polar surface area (TPSA) is 59.9 Å². The van der Waals surface area contributed by atoms with E-state index >= 15 is 0 Å². The summed E-state index contributed by atoms with van der Waals surface area (Å²) in [5.41, 5.74) is 0.893. The highest BCUT2D eigenvalue weighted by atomic mass is 79.9. The molecule has 20 heavy (non-hydrogen) atoms. The van der Waals surface area contributed by atoms with E-state index < -0.39 is 0 Å². The average molecular weight is 337 g/mol. The van der Waals surface area contributed by atoms with E-state index in [1.807, 2.05) is 19.9 Å². The molecule has 0 fully saturated rings. The van der Waals surface area contributed by atoms with Crippen LogP contribution in [0.15, 0.2) is 22.9 Å². The van der Waals surface area contributed by atoms with Crippen molar-refractivity contribution in [2.24, 2.45) is 0 Å². The maximum absolute atomic E-state index is 5.81. The Morgan fingerprint density at radius 3 is 2.75 bits per heavy atom. The fraction of sp³-hybridized carbons (Fsp3) is 0.357. The summed E-state index contributed by atoms with van der Waals surface area (Å²) in [6, 6.07) is 1.85. The maximum Gasteiger partial charge on any atom is 0.227 e. The van der Waals surface area contributed by atoms with E-state index in [1.54, 1.807) is 12.4 Å². The van der Waals surface area contributed by atoms with E-state index in [0.29, 0.717) is 17.5 Å². The molecule has 0 bridgehead atoms. The summed E-state index contributed by atoms with van der Waals surface area (Å²) >= 11 is 3.37. The molecular formula is C14H17BrN4O. The highest BCUT2D eigenvalue weighted by Crippen LogP contribution is 2.27. The minimum absolute atomic E-state index is 0.552. The first kappa shape index (κ1) is 14.7. The molecule has 6 heteroatoms. The van der Waals surface area contributed by atoms with Crippen molar-refractivity contribution in [3.05, 3.63) is 34.3 Å². The predicted molar refractivity (Wildman–Crippen MR) is 82.3 cm³/mol. The van der Waals surface area contributed by atoms with Crippen LogP contribution < -0.4 is 10.1 Å². The fourth-order valence-corrected chi connectivity index (χ4v) is 2.02. The number of aryl methyl sites for hydroxylation is 1. The third kappa shape index (κ3) is 3.66. The molecule has 0 aliphatic carbocycles. The number of ether oxygens (including phenoxy) is 1. The number of pyridine rings is 1. The highest BCUT2D eigenvalue weighted by molar-refractivity contribution is 9.10. The van der Waals surface area contributed by atoms with Gasteiger partial charge < -0.3 is 10.1 Å². The van der Waals surface area contributed by atoms with E-state index in [9.17, 15) is 0 Å². The Labute approximate surface area is 127 Å². The van der Waals surface area contributed by atoms with Crippen LogP contribution in [-0.2, 0) is 0 Å². The van der Waals surface area contributed by atoms with Crippen molar-refractivity contribution in [2.45, 2.75) is 27.2 Å². The summed E-state index contributed by atoms with van der Waals surface area (Å²) in [6.45, 7) is 6.77. The lowest BCUT2D eigenvalue weighted by Gasteiger charge is -2.13. The van der Waals surface area contributed by atoms with Gasteiger partial charge in [-0.1, -0.05) is 6.92 Å². The van der Waals surface area contributed by atoms with Crippen LogP contribution in [0.2, 0.25) is 0 Å². The van der Waals surface area contributed by atoms with E-state index in [4.69, 9.17) is 4.74 Å². The number of hydrogen-bond donors (Lipinski definition) is 1. The van der Waals surface area contributed by atoms with Crippen molar-refractivity contribution in [3.8, 4) is 11.6 Å². The van der Waals surface area contributed by atoms with Gasteiger partial charge in [0.15, 0.2) is 0 Å². The number of nitrogens with zero attached hydrogens (tertiary/aromatic N) is 3. The van der Waals surface area contributed by atoms with Gasteiger partial charge in [0.25, 0.3) is 0 Å². The first-order valence-electron chi connectivity index (χ1n) is 6.47. The average Bonchev–Trinajstić information content (AvgIpc) is 2.41. The third-order valence-corrected chi connectivity index (χ3v) is 3.08. The largest absolute Gasteiger partial charge is 0.437 e. The van der Waals surface area contributed by atoms with Crippen molar-refractivity contribution in [2.75, 3.05) is 11.9 Å². The molecule has 0 aromatic carbocycles. The van der Waals surface area contributed by atoms with Crippen LogP contribution >= 0.6 is 15.9 Å². The molecule has 2 aromatic heterocycles. The number of hydrogen-bond acceptors (Lipinski definition) is 5. The Morgan fingerprint density at radius 2 is 2.05 bits per heavy atom. The van der Waals surface area contributed by atoms with Gasteiger partial charge in [-0.3, -0.25) is 4.98 Å². The van der Waals surface area contributed by atoms with Crippen LogP contribution in [0.4, 0.5) is 5.82 Å². The number of halogens is 1. The molecule has 0 aliphatic rings. The Bertz CT molecular complexity index is 604. The molecule has 0 unspecified atom stereocenters. The van der Waals surface area contributed by atoms with Gasteiger partial charge in [0, 0.05) is 17.2 Å². The Hall–Kier alpha value is -1.69. The minimum Gasteiger partial charge on any atom is -0.437 e. The van der Waals surface area contributed by atoms with E-state index in [2.05, 4.69) is 43.1 Å². The predicted octanol–water partition coefficient (Wildman–Crippen LogP) is 3.87. The van der Waals surface area contributed by atoms with Crippen LogP contribution in [0.3, 0.4) is 0 Å². The van der Waals surface area contributed by atoms with Crippen molar-refractivity contribution in [1.29, 1.82) is 0 Å². The van der Waals surface area contributed by atoms with Crippen molar-refractivity contribution in [1.82, 2.24) is 15.0 Å². The molecule has 2 aromatic rings. The van der Waals surface area contributed by atoms with Crippen LogP contribution in [0.1, 0.15) is 24.7 Å². The Balaban J connectivity index is 2.29. The second-order valence-electron chi connectivity index (χ2n) is 4.42. The second kappa shape index (κ2) is 6.65. The van der Waals surface area contributed by atoms with Crippen LogP contribution in [0.25, 0.3) is 0 Å².